The molecule has 154 valence electrons. The molecule has 2 saturated heterocycles. The summed E-state index contributed by atoms with van der Waals surface area (Å²) in [5.41, 5.74) is 1.77. The van der Waals surface area contributed by atoms with E-state index in [0.717, 1.165) is 36.4 Å². The number of alkyl halides is 3. The van der Waals surface area contributed by atoms with Crippen molar-refractivity contribution >= 4 is 17.3 Å². The number of nitrogens with one attached hydrogen (secondary N) is 1. The minimum absolute atomic E-state index is 0.0496. The first-order chi connectivity index (χ1) is 13.2. The molecule has 1 aliphatic carbocycles. The van der Waals surface area contributed by atoms with Crippen molar-refractivity contribution < 1.29 is 18.0 Å². The number of rotatable bonds is 4. The highest BCUT2D eigenvalue weighted by Crippen LogP contribution is 2.60. The van der Waals surface area contributed by atoms with Crippen LogP contribution in [-0.4, -0.2) is 49.2 Å². The zero-order valence-electron chi connectivity index (χ0n) is 16.5. The van der Waals surface area contributed by atoms with E-state index in [1.54, 1.807) is 0 Å². The van der Waals surface area contributed by atoms with Crippen molar-refractivity contribution in [2.75, 3.05) is 36.4 Å². The van der Waals surface area contributed by atoms with E-state index in [4.69, 9.17) is 0 Å². The Balaban J connectivity index is 1.45. The van der Waals surface area contributed by atoms with Crippen LogP contribution in [0.3, 0.4) is 0 Å². The number of piperazine rings is 1. The molecule has 2 aliphatic heterocycles. The van der Waals surface area contributed by atoms with Crippen molar-refractivity contribution in [2.24, 2.45) is 5.41 Å². The molecule has 1 saturated carbocycles. The predicted octanol–water partition coefficient (Wildman–Crippen LogP) is 4.26. The van der Waals surface area contributed by atoms with Gasteiger partial charge in [0.25, 0.3) is 0 Å². The van der Waals surface area contributed by atoms with Crippen LogP contribution in [0.25, 0.3) is 0 Å². The highest BCUT2D eigenvalue weighted by molar-refractivity contribution is 5.93. The van der Waals surface area contributed by atoms with Crippen LogP contribution >= 0.6 is 0 Å². The third-order valence-electron chi connectivity index (χ3n) is 6.69. The second kappa shape index (κ2) is 6.94. The first-order valence-corrected chi connectivity index (χ1v) is 10.2. The highest BCUT2D eigenvalue weighted by Gasteiger charge is 2.63. The van der Waals surface area contributed by atoms with E-state index in [-0.39, 0.29) is 12.8 Å². The predicted molar refractivity (Wildman–Crippen MR) is 104 cm³/mol. The summed E-state index contributed by atoms with van der Waals surface area (Å²) in [6.45, 7) is 8.08. The average Bonchev–Trinajstić information content (AvgIpc) is 3.25. The monoisotopic (exact) mass is 395 g/mol. The fourth-order valence-electron chi connectivity index (χ4n) is 4.75. The Morgan fingerprint density at radius 2 is 1.86 bits per heavy atom. The third-order valence-corrected chi connectivity index (χ3v) is 6.69. The molecule has 7 heteroatoms. The lowest BCUT2D eigenvalue weighted by molar-refractivity contribution is -0.189. The number of fused-ring (bicyclic) bond motifs is 1. The minimum atomic E-state index is -4.30. The fraction of sp³-hybridized carbons (Fsp3) is 0.667. The van der Waals surface area contributed by atoms with Gasteiger partial charge in [-0.3, -0.25) is 9.69 Å². The maximum absolute atomic E-state index is 13.1. The maximum atomic E-state index is 13.1. The molecule has 2 heterocycles. The molecular weight excluding hydrogens is 367 g/mol. The van der Waals surface area contributed by atoms with E-state index >= 15 is 0 Å². The van der Waals surface area contributed by atoms with Crippen molar-refractivity contribution in [3.63, 3.8) is 0 Å². The topological polar surface area (TPSA) is 35.6 Å². The molecule has 0 radical (unpaired) electrons. The molecule has 0 aromatic heterocycles. The van der Waals surface area contributed by atoms with Crippen molar-refractivity contribution in [1.29, 1.82) is 0 Å². The molecular formula is C21H28F3N3O. The van der Waals surface area contributed by atoms with Gasteiger partial charge in [-0.2, -0.15) is 13.2 Å². The van der Waals surface area contributed by atoms with E-state index in [1.807, 2.05) is 26.0 Å². The molecule has 0 unspecified atom stereocenters. The van der Waals surface area contributed by atoms with E-state index in [2.05, 4.69) is 15.1 Å². The molecule has 4 rings (SSSR count). The van der Waals surface area contributed by atoms with E-state index in [9.17, 15) is 18.0 Å². The van der Waals surface area contributed by atoms with Crippen molar-refractivity contribution in [2.45, 2.75) is 58.2 Å². The van der Waals surface area contributed by atoms with E-state index in [1.165, 1.54) is 19.4 Å². The van der Waals surface area contributed by atoms with Crippen molar-refractivity contribution in [3.05, 3.63) is 23.3 Å². The minimum Gasteiger partial charge on any atom is -0.369 e. The molecule has 0 bridgehead atoms. The van der Waals surface area contributed by atoms with Crippen molar-refractivity contribution in [3.8, 4) is 0 Å². The number of amides is 1. The molecule has 3 fully saturated rings. The molecule has 1 aromatic carbocycles. The number of nitrogens with zero attached hydrogens (tertiary/aromatic N) is 2. The first kappa shape index (κ1) is 19.6. The lowest BCUT2D eigenvalue weighted by atomic mass is 10.0. The Morgan fingerprint density at radius 3 is 2.46 bits per heavy atom. The number of carbonyl (C=O) groups excluding carboxylic acids is 1. The van der Waals surface area contributed by atoms with E-state index in [0.29, 0.717) is 11.7 Å². The van der Waals surface area contributed by atoms with Gasteiger partial charge >= 0.3 is 6.18 Å². The third kappa shape index (κ3) is 3.61. The Bertz CT molecular complexity index is 750. The highest BCUT2D eigenvalue weighted by atomic mass is 19.4. The number of hydrogen-bond acceptors (Lipinski definition) is 3. The number of hydrogen-bond donors (Lipinski definition) is 1. The number of benzene rings is 1. The standard InChI is InChI=1S/C21H28F3N3O/c1-14-10-17(27-9-8-26-7-3-4-16(26)13-27)11-15(2)19(14)25-18(28)12-20(5-6-20)21(22,23)24/h10-11,16H,3-9,12-13H2,1-2H3,(H,25,28)/t16-/m0/s1. The summed E-state index contributed by atoms with van der Waals surface area (Å²) >= 11 is 0. The van der Waals surface area contributed by atoms with Gasteiger partial charge in [0.05, 0.1) is 5.41 Å². The smallest absolute Gasteiger partial charge is 0.369 e. The van der Waals surface area contributed by atoms with Gasteiger partial charge in [-0.1, -0.05) is 0 Å². The quantitative estimate of drug-likeness (QED) is 0.828. The maximum Gasteiger partial charge on any atom is 0.395 e. The summed E-state index contributed by atoms with van der Waals surface area (Å²) < 4.78 is 39.3. The van der Waals surface area contributed by atoms with Crippen LogP contribution in [0.1, 0.15) is 43.2 Å². The van der Waals surface area contributed by atoms with Gasteiger partial charge in [-0.25, -0.2) is 0 Å². The number of aryl methyl sites for hydroxylation is 2. The first-order valence-electron chi connectivity index (χ1n) is 10.2. The van der Waals surface area contributed by atoms with Gasteiger partial charge in [-0.05, 0) is 69.3 Å². The molecule has 1 aromatic rings. The molecule has 28 heavy (non-hydrogen) atoms. The molecule has 1 amide bonds. The Morgan fingerprint density at radius 1 is 1.18 bits per heavy atom. The summed E-state index contributed by atoms with van der Waals surface area (Å²) in [6.07, 6.45) is -2.19. The summed E-state index contributed by atoms with van der Waals surface area (Å²) in [5, 5.41) is 2.75. The Labute approximate surface area is 164 Å². The normalized spacial score (nSPS) is 24.2. The lowest BCUT2D eigenvalue weighted by Gasteiger charge is -2.39. The summed E-state index contributed by atoms with van der Waals surface area (Å²) in [7, 11) is 0. The molecule has 4 nitrogen and oxygen atoms in total. The zero-order valence-corrected chi connectivity index (χ0v) is 16.5. The van der Waals surface area contributed by atoms with Gasteiger partial charge in [0.1, 0.15) is 0 Å². The summed E-state index contributed by atoms with van der Waals surface area (Å²) in [4.78, 5) is 17.2. The fourth-order valence-corrected chi connectivity index (χ4v) is 4.75. The average molecular weight is 395 g/mol. The zero-order chi connectivity index (χ0) is 20.1. The van der Waals surface area contributed by atoms with Crippen molar-refractivity contribution in [1.82, 2.24) is 4.90 Å². The lowest BCUT2D eigenvalue weighted by Crippen LogP contribution is -2.50. The van der Waals surface area contributed by atoms with E-state index < -0.39 is 23.9 Å². The van der Waals surface area contributed by atoms with Gasteiger partial charge < -0.3 is 10.2 Å². The SMILES string of the molecule is Cc1cc(N2CCN3CCC[C@H]3C2)cc(C)c1NC(=O)CC1(C(F)(F)F)CC1. The van der Waals surface area contributed by atoms with Crippen LogP contribution in [0.2, 0.25) is 0 Å². The summed E-state index contributed by atoms with van der Waals surface area (Å²) in [6, 6.07) is 4.71. The number of carbonyl (C=O) groups is 1. The Kier molecular flexibility index (Phi) is 4.84. The van der Waals surface area contributed by atoms with Gasteiger partial charge in [0.15, 0.2) is 0 Å². The molecule has 1 N–H and O–H groups in total. The number of anilines is 2. The van der Waals surface area contributed by atoms with Crippen LogP contribution in [0, 0.1) is 19.3 Å². The van der Waals surface area contributed by atoms with Crippen LogP contribution in [0.15, 0.2) is 12.1 Å². The molecule has 3 aliphatic rings. The number of halogens is 3. The molecule has 0 spiro atoms. The second-order valence-corrected chi connectivity index (χ2v) is 8.74. The van der Waals surface area contributed by atoms with Crippen LogP contribution in [0.5, 0.6) is 0 Å². The second-order valence-electron chi connectivity index (χ2n) is 8.74. The van der Waals surface area contributed by atoms with Gasteiger partial charge in [0, 0.05) is 43.5 Å². The van der Waals surface area contributed by atoms with Crippen LogP contribution in [-0.2, 0) is 4.79 Å². The molecule has 1 atom stereocenters. The van der Waals surface area contributed by atoms with Gasteiger partial charge in [-0.15, -0.1) is 0 Å². The largest absolute Gasteiger partial charge is 0.395 e. The summed E-state index contributed by atoms with van der Waals surface area (Å²) in [5.74, 6) is -0.548. The van der Waals surface area contributed by atoms with Crippen LogP contribution in [0.4, 0.5) is 24.5 Å². The van der Waals surface area contributed by atoms with Crippen LogP contribution < -0.4 is 10.2 Å². The Hall–Kier alpha value is -1.76. The van der Waals surface area contributed by atoms with Gasteiger partial charge in [0.2, 0.25) is 5.91 Å².